The number of aromatic nitrogens is 5. The molecule has 3 heterocycles. The van der Waals surface area contributed by atoms with Crippen molar-refractivity contribution in [2.45, 2.75) is 71.0 Å². The summed E-state index contributed by atoms with van der Waals surface area (Å²) >= 11 is 0. The second kappa shape index (κ2) is 11.4. The SMILES string of the molecule is Cc1ccc(C)c2[nH]c(=O)c(C(c3nnnn3CCc3ccccc3)N3CCN(C4CCCCC4)CC3)cc12. The molecule has 1 atom stereocenters. The van der Waals surface area contributed by atoms with Gasteiger partial charge in [0.1, 0.15) is 6.04 Å². The molecule has 1 saturated carbocycles. The van der Waals surface area contributed by atoms with E-state index in [4.69, 9.17) is 0 Å². The number of tetrazole rings is 1. The molecule has 1 saturated heterocycles. The van der Waals surface area contributed by atoms with E-state index in [9.17, 15) is 4.79 Å². The number of rotatable bonds is 7. The lowest BCUT2D eigenvalue weighted by Crippen LogP contribution is -2.52. The fourth-order valence-electron chi connectivity index (χ4n) is 6.55. The summed E-state index contributed by atoms with van der Waals surface area (Å²) in [5.74, 6) is 0.743. The van der Waals surface area contributed by atoms with Crippen LogP contribution in [0.1, 0.15) is 66.2 Å². The first-order valence-corrected chi connectivity index (χ1v) is 14.5. The van der Waals surface area contributed by atoms with Gasteiger partial charge in [0.05, 0.1) is 5.52 Å². The second-order valence-electron chi connectivity index (χ2n) is 11.3. The maximum atomic E-state index is 13.7. The van der Waals surface area contributed by atoms with Crippen LogP contribution in [0.2, 0.25) is 0 Å². The fraction of sp³-hybridized carbons (Fsp3) is 0.484. The molecule has 1 aliphatic carbocycles. The van der Waals surface area contributed by atoms with E-state index in [0.29, 0.717) is 12.6 Å². The summed E-state index contributed by atoms with van der Waals surface area (Å²) < 4.78 is 1.90. The number of H-pyrrole nitrogens is 1. The van der Waals surface area contributed by atoms with Crippen LogP contribution in [0.25, 0.3) is 10.9 Å². The zero-order chi connectivity index (χ0) is 26.8. The first-order chi connectivity index (χ1) is 19.1. The van der Waals surface area contributed by atoms with Gasteiger partial charge in [0.25, 0.3) is 5.56 Å². The van der Waals surface area contributed by atoms with E-state index in [1.165, 1.54) is 37.7 Å². The fourth-order valence-corrected chi connectivity index (χ4v) is 6.55. The molecular formula is C31H39N7O. The van der Waals surface area contributed by atoms with Gasteiger partial charge >= 0.3 is 0 Å². The molecule has 204 valence electrons. The number of nitrogens with zero attached hydrogens (tertiary/aromatic N) is 6. The lowest BCUT2D eigenvalue weighted by Gasteiger charge is -2.43. The second-order valence-corrected chi connectivity index (χ2v) is 11.3. The molecule has 2 fully saturated rings. The Hall–Kier alpha value is -3.36. The average molecular weight is 526 g/mol. The molecule has 0 amide bonds. The van der Waals surface area contributed by atoms with Crippen LogP contribution in [0, 0.1) is 13.8 Å². The number of aryl methyl sites for hydroxylation is 4. The van der Waals surface area contributed by atoms with Crippen LogP contribution in [-0.4, -0.2) is 67.2 Å². The predicted octanol–water partition coefficient (Wildman–Crippen LogP) is 4.41. The Bertz CT molecular complexity index is 1460. The quantitative estimate of drug-likeness (QED) is 0.385. The molecule has 0 spiro atoms. The summed E-state index contributed by atoms with van der Waals surface area (Å²) in [6.45, 7) is 8.60. The summed E-state index contributed by atoms with van der Waals surface area (Å²) in [6.07, 6.45) is 7.50. The van der Waals surface area contributed by atoms with Gasteiger partial charge < -0.3 is 4.98 Å². The summed E-state index contributed by atoms with van der Waals surface area (Å²) in [4.78, 5) is 22.0. The van der Waals surface area contributed by atoms with Crippen molar-refractivity contribution in [2.24, 2.45) is 0 Å². The third kappa shape index (κ3) is 5.40. The highest BCUT2D eigenvalue weighted by atomic mass is 16.1. The van der Waals surface area contributed by atoms with Crippen molar-refractivity contribution in [3.63, 3.8) is 0 Å². The Kier molecular flexibility index (Phi) is 7.57. The maximum Gasteiger partial charge on any atom is 0.253 e. The molecule has 0 radical (unpaired) electrons. The smallest absolute Gasteiger partial charge is 0.253 e. The number of benzene rings is 2. The number of pyridine rings is 1. The molecule has 2 aromatic carbocycles. The molecule has 2 aromatic heterocycles. The third-order valence-corrected chi connectivity index (χ3v) is 8.83. The van der Waals surface area contributed by atoms with E-state index >= 15 is 0 Å². The number of nitrogens with one attached hydrogen (secondary N) is 1. The van der Waals surface area contributed by atoms with Gasteiger partial charge in [-0.25, -0.2) is 4.68 Å². The van der Waals surface area contributed by atoms with Gasteiger partial charge in [0, 0.05) is 49.7 Å². The summed E-state index contributed by atoms with van der Waals surface area (Å²) in [6, 6.07) is 17.1. The lowest BCUT2D eigenvalue weighted by atomic mass is 9.93. The molecule has 4 aromatic rings. The molecule has 1 aliphatic heterocycles. The van der Waals surface area contributed by atoms with E-state index in [-0.39, 0.29) is 11.6 Å². The van der Waals surface area contributed by atoms with Crippen LogP contribution in [0.3, 0.4) is 0 Å². The van der Waals surface area contributed by atoms with Crippen molar-refractivity contribution < 1.29 is 0 Å². The van der Waals surface area contributed by atoms with Crippen molar-refractivity contribution in [1.82, 2.24) is 35.0 Å². The Labute approximate surface area is 230 Å². The van der Waals surface area contributed by atoms with Gasteiger partial charge in [-0.05, 0) is 66.3 Å². The highest BCUT2D eigenvalue weighted by Crippen LogP contribution is 2.31. The molecule has 2 aliphatic rings. The minimum atomic E-state index is -0.308. The van der Waals surface area contributed by atoms with Crippen LogP contribution < -0.4 is 5.56 Å². The Morgan fingerprint density at radius 2 is 1.69 bits per heavy atom. The van der Waals surface area contributed by atoms with Crippen molar-refractivity contribution in [1.29, 1.82) is 0 Å². The minimum absolute atomic E-state index is 0.0616. The van der Waals surface area contributed by atoms with Crippen LogP contribution in [-0.2, 0) is 13.0 Å². The highest BCUT2D eigenvalue weighted by Gasteiger charge is 2.34. The van der Waals surface area contributed by atoms with Gasteiger partial charge in [0.2, 0.25) is 0 Å². The zero-order valence-corrected chi connectivity index (χ0v) is 23.1. The van der Waals surface area contributed by atoms with Gasteiger partial charge in [-0.3, -0.25) is 14.6 Å². The summed E-state index contributed by atoms with van der Waals surface area (Å²) in [5.41, 5.74) is 5.04. The Morgan fingerprint density at radius 1 is 0.949 bits per heavy atom. The van der Waals surface area contributed by atoms with E-state index in [1.807, 2.05) is 17.7 Å². The van der Waals surface area contributed by atoms with Gasteiger partial charge in [-0.1, -0.05) is 61.7 Å². The van der Waals surface area contributed by atoms with Crippen LogP contribution in [0.4, 0.5) is 0 Å². The topological polar surface area (TPSA) is 82.9 Å². The van der Waals surface area contributed by atoms with Crippen molar-refractivity contribution in [3.8, 4) is 0 Å². The van der Waals surface area contributed by atoms with E-state index in [2.05, 4.69) is 79.7 Å². The summed E-state index contributed by atoms with van der Waals surface area (Å²) in [5, 5.41) is 14.1. The molecule has 8 heteroatoms. The number of aromatic amines is 1. The average Bonchev–Trinajstić information content (AvgIpc) is 3.44. The van der Waals surface area contributed by atoms with E-state index < -0.39 is 0 Å². The van der Waals surface area contributed by atoms with Gasteiger partial charge in [0.15, 0.2) is 5.82 Å². The lowest BCUT2D eigenvalue weighted by molar-refractivity contribution is 0.0617. The first kappa shape index (κ1) is 25.9. The van der Waals surface area contributed by atoms with Crippen LogP contribution >= 0.6 is 0 Å². The largest absolute Gasteiger partial charge is 0.321 e. The predicted molar refractivity (Wildman–Crippen MR) is 154 cm³/mol. The molecule has 39 heavy (non-hydrogen) atoms. The number of piperazine rings is 1. The zero-order valence-electron chi connectivity index (χ0n) is 23.1. The molecule has 1 N–H and O–H groups in total. The summed E-state index contributed by atoms with van der Waals surface area (Å²) in [7, 11) is 0. The molecule has 1 unspecified atom stereocenters. The standard InChI is InChI=1S/C31H39N7O/c1-22-13-14-23(2)28-26(22)21-27(31(39)32-28)29(37-19-17-36(18-20-37)25-11-7-4-8-12-25)30-33-34-35-38(30)16-15-24-9-5-3-6-10-24/h3,5-6,9-10,13-14,21,25,29H,4,7-8,11-12,15-20H2,1-2H3,(H,32,39). The van der Waals surface area contributed by atoms with Crippen LogP contribution in [0.5, 0.6) is 0 Å². The number of hydrogen-bond donors (Lipinski definition) is 1. The van der Waals surface area contributed by atoms with Crippen molar-refractivity contribution in [3.05, 3.63) is 87.0 Å². The van der Waals surface area contributed by atoms with E-state index in [0.717, 1.165) is 66.0 Å². The van der Waals surface area contributed by atoms with Gasteiger partial charge in [-0.15, -0.1) is 5.10 Å². The van der Waals surface area contributed by atoms with E-state index in [1.54, 1.807) is 0 Å². The normalized spacial score (nSPS) is 18.5. The van der Waals surface area contributed by atoms with Crippen molar-refractivity contribution >= 4 is 10.9 Å². The Balaban J connectivity index is 1.35. The molecule has 0 bridgehead atoms. The first-order valence-electron chi connectivity index (χ1n) is 14.5. The van der Waals surface area contributed by atoms with Crippen molar-refractivity contribution in [2.75, 3.05) is 26.2 Å². The highest BCUT2D eigenvalue weighted by molar-refractivity contribution is 5.85. The third-order valence-electron chi connectivity index (χ3n) is 8.83. The monoisotopic (exact) mass is 525 g/mol. The van der Waals surface area contributed by atoms with Crippen LogP contribution in [0.15, 0.2) is 53.3 Å². The maximum absolute atomic E-state index is 13.7. The molecule has 6 rings (SSSR count). The van der Waals surface area contributed by atoms with Gasteiger partial charge in [-0.2, -0.15) is 0 Å². The minimum Gasteiger partial charge on any atom is -0.321 e. The molecule has 8 nitrogen and oxygen atoms in total. The number of hydrogen-bond acceptors (Lipinski definition) is 6. The molecular weight excluding hydrogens is 486 g/mol. The number of fused-ring (bicyclic) bond motifs is 1. The Morgan fingerprint density at radius 3 is 2.46 bits per heavy atom.